The maximum absolute atomic E-state index is 12.3. The van der Waals surface area contributed by atoms with E-state index in [0.717, 1.165) is 16.7 Å². The van der Waals surface area contributed by atoms with Crippen LogP contribution in [0.1, 0.15) is 15.9 Å². The van der Waals surface area contributed by atoms with E-state index in [1.807, 2.05) is 48.5 Å². The van der Waals surface area contributed by atoms with Crippen LogP contribution in [0.2, 0.25) is 0 Å². The summed E-state index contributed by atoms with van der Waals surface area (Å²) in [5, 5.41) is 11.0. The maximum atomic E-state index is 12.3. The number of carbonyl (C=O) groups is 1. The fourth-order valence-corrected chi connectivity index (χ4v) is 2.71. The number of ether oxygens (including phenoxy) is 1. The van der Waals surface area contributed by atoms with E-state index in [-0.39, 0.29) is 6.61 Å². The molecule has 0 atom stereocenters. The van der Waals surface area contributed by atoms with Crippen molar-refractivity contribution in [2.45, 2.75) is 6.61 Å². The molecule has 27 heavy (non-hydrogen) atoms. The van der Waals surface area contributed by atoms with Gasteiger partial charge in [-0.1, -0.05) is 60.7 Å². The van der Waals surface area contributed by atoms with Gasteiger partial charge in [0.2, 0.25) is 0 Å². The van der Waals surface area contributed by atoms with Gasteiger partial charge in [0.05, 0.1) is 11.3 Å². The molecule has 0 N–H and O–H groups in total. The van der Waals surface area contributed by atoms with Crippen LogP contribution in [0.5, 0.6) is 0 Å². The number of hydrogen-bond acceptors (Lipinski definition) is 5. The number of tetrazole rings is 1. The SMILES string of the molecule is O=C(OCc1ccc(-c2ccccc2)cc1)c1cccc(-n2cnnn2)c1. The minimum atomic E-state index is -0.392. The van der Waals surface area contributed by atoms with Crippen molar-refractivity contribution in [3.05, 3.63) is 96.3 Å². The molecule has 0 saturated heterocycles. The highest BCUT2D eigenvalue weighted by Gasteiger charge is 2.09. The van der Waals surface area contributed by atoms with Crippen molar-refractivity contribution in [1.82, 2.24) is 20.2 Å². The first-order chi connectivity index (χ1) is 13.3. The second-order valence-corrected chi connectivity index (χ2v) is 5.94. The van der Waals surface area contributed by atoms with Gasteiger partial charge in [0, 0.05) is 0 Å². The molecular formula is C21H16N4O2. The molecule has 3 aromatic carbocycles. The Balaban J connectivity index is 1.41. The standard InChI is InChI=1S/C21H16N4O2/c26-21(19-7-4-8-20(13-19)25-15-22-23-24-25)27-14-16-9-11-18(12-10-16)17-5-2-1-3-6-17/h1-13,15H,14H2. The van der Waals surface area contributed by atoms with E-state index in [0.29, 0.717) is 11.3 Å². The van der Waals surface area contributed by atoms with Crippen LogP contribution in [0.15, 0.2) is 85.2 Å². The molecule has 0 fully saturated rings. The summed E-state index contributed by atoms with van der Waals surface area (Å²) in [6.07, 6.45) is 1.47. The zero-order chi connectivity index (χ0) is 18.5. The predicted molar refractivity (Wildman–Crippen MR) is 100 cm³/mol. The smallest absolute Gasteiger partial charge is 0.338 e. The third kappa shape index (κ3) is 3.90. The summed E-state index contributed by atoms with van der Waals surface area (Å²) >= 11 is 0. The third-order valence-corrected chi connectivity index (χ3v) is 4.13. The quantitative estimate of drug-likeness (QED) is 0.510. The number of carbonyl (C=O) groups excluding carboxylic acids is 1. The van der Waals surface area contributed by atoms with E-state index in [1.165, 1.54) is 11.0 Å². The topological polar surface area (TPSA) is 69.9 Å². The van der Waals surface area contributed by atoms with Gasteiger partial charge < -0.3 is 4.74 Å². The van der Waals surface area contributed by atoms with Crippen LogP contribution in [0.3, 0.4) is 0 Å². The molecule has 0 aliphatic carbocycles. The van der Waals surface area contributed by atoms with Gasteiger partial charge in [0.25, 0.3) is 0 Å². The molecule has 0 aliphatic heterocycles. The number of benzene rings is 3. The largest absolute Gasteiger partial charge is 0.457 e. The monoisotopic (exact) mass is 356 g/mol. The van der Waals surface area contributed by atoms with Gasteiger partial charge in [0.1, 0.15) is 12.9 Å². The first kappa shape index (κ1) is 16.7. The maximum Gasteiger partial charge on any atom is 0.338 e. The van der Waals surface area contributed by atoms with Gasteiger partial charge in [-0.05, 0) is 45.3 Å². The molecule has 0 saturated carbocycles. The molecule has 0 unspecified atom stereocenters. The summed E-state index contributed by atoms with van der Waals surface area (Å²) in [5.41, 5.74) is 4.35. The van der Waals surface area contributed by atoms with Crippen LogP contribution >= 0.6 is 0 Å². The Hall–Kier alpha value is -3.80. The van der Waals surface area contributed by atoms with E-state index in [1.54, 1.807) is 18.2 Å². The fourth-order valence-electron chi connectivity index (χ4n) is 2.71. The predicted octanol–water partition coefficient (Wildman–Crippen LogP) is 3.69. The Labute approximate surface area is 156 Å². The second kappa shape index (κ2) is 7.61. The first-order valence-corrected chi connectivity index (χ1v) is 8.44. The van der Waals surface area contributed by atoms with Gasteiger partial charge in [-0.15, -0.1) is 5.10 Å². The summed E-state index contributed by atoms with van der Waals surface area (Å²) in [7, 11) is 0. The van der Waals surface area contributed by atoms with E-state index in [2.05, 4.69) is 27.7 Å². The number of nitrogens with zero attached hydrogens (tertiary/aromatic N) is 4. The van der Waals surface area contributed by atoms with Gasteiger partial charge in [-0.3, -0.25) is 0 Å². The summed E-state index contributed by atoms with van der Waals surface area (Å²) in [6.45, 7) is 0.211. The lowest BCUT2D eigenvalue weighted by molar-refractivity contribution is 0.0472. The van der Waals surface area contributed by atoms with Crippen molar-refractivity contribution >= 4 is 5.97 Å². The summed E-state index contributed by atoms with van der Waals surface area (Å²) < 4.78 is 6.92. The molecule has 4 rings (SSSR count). The first-order valence-electron chi connectivity index (χ1n) is 8.44. The summed E-state index contributed by atoms with van der Waals surface area (Å²) in [4.78, 5) is 12.3. The number of esters is 1. The Morgan fingerprint density at radius 3 is 2.41 bits per heavy atom. The Kier molecular flexibility index (Phi) is 4.70. The van der Waals surface area contributed by atoms with Crippen LogP contribution in [-0.4, -0.2) is 26.2 Å². The molecule has 132 valence electrons. The van der Waals surface area contributed by atoms with Gasteiger partial charge >= 0.3 is 5.97 Å². The van der Waals surface area contributed by atoms with Crippen LogP contribution in [0.4, 0.5) is 0 Å². The number of aromatic nitrogens is 4. The molecular weight excluding hydrogens is 340 g/mol. The van der Waals surface area contributed by atoms with Crippen molar-refractivity contribution in [3.63, 3.8) is 0 Å². The highest BCUT2D eigenvalue weighted by molar-refractivity contribution is 5.90. The molecule has 0 spiro atoms. The molecule has 0 bridgehead atoms. The van der Waals surface area contributed by atoms with Gasteiger partial charge in [0.15, 0.2) is 0 Å². The average Bonchev–Trinajstić information content (AvgIpc) is 3.28. The number of hydrogen-bond donors (Lipinski definition) is 0. The molecule has 4 aromatic rings. The summed E-state index contributed by atoms with van der Waals surface area (Å²) in [6, 6.07) is 25.1. The average molecular weight is 356 g/mol. The minimum absolute atomic E-state index is 0.211. The van der Waals surface area contributed by atoms with Crippen molar-refractivity contribution in [2.75, 3.05) is 0 Å². The van der Waals surface area contributed by atoms with Gasteiger partial charge in [-0.25, -0.2) is 9.48 Å². The molecule has 0 radical (unpaired) electrons. The summed E-state index contributed by atoms with van der Waals surface area (Å²) in [5.74, 6) is -0.392. The highest BCUT2D eigenvalue weighted by Crippen LogP contribution is 2.19. The second-order valence-electron chi connectivity index (χ2n) is 5.94. The normalized spacial score (nSPS) is 10.5. The lowest BCUT2D eigenvalue weighted by Gasteiger charge is -2.07. The third-order valence-electron chi connectivity index (χ3n) is 4.13. The van der Waals surface area contributed by atoms with E-state index in [4.69, 9.17) is 4.74 Å². The van der Waals surface area contributed by atoms with Crippen molar-refractivity contribution < 1.29 is 9.53 Å². The highest BCUT2D eigenvalue weighted by atomic mass is 16.5. The Morgan fingerprint density at radius 2 is 1.67 bits per heavy atom. The minimum Gasteiger partial charge on any atom is -0.457 e. The van der Waals surface area contributed by atoms with Crippen LogP contribution in [-0.2, 0) is 11.3 Å². The zero-order valence-electron chi connectivity index (χ0n) is 14.4. The molecule has 1 heterocycles. The molecule has 6 heteroatoms. The lowest BCUT2D eigenvalue weighted by atomic mass is 10.0. The molecule has 0 aliphatic rings. The van der Waals surface area contributed by atoms with Crippen molar-refractivity contribution in [2.24, 2.45) is 0 Å². The number of rotatable bonds is 5. The van der Waals surface area contributed by atoms with Crippen LogP contribution in [0, 0.1) is 0 Å². The van der Waals surface area contributed by atoms with E-state index in [9.17, 15) is 4.79 Å². The fraction of sp³-hybridized carbons (Fsp3) is 0.0476. The lowest BCUT2D eigenvalue weighted by Crippen LogP contribution is -2.06. The van der Waals surface area contributed by atoms with E-state index < -0.39 is 5.97 Å². The Bertz CT molecular complexity index is 1030. The zero-order valence-corrected chi connectivity index (χ0v) is 14.4. The van der Waals surface area contributed by atoms with Crippen LogP contribution < -0.4 is 0 Å². The molecule has 6 nitrogen and oxygen atoms in total. The molecule has 1 aromatic heterocycles. The van der Waals surface area contributed by atoms with Crippen molar-refractivity contribution in [3.8, 4) is 16.8 Å². The van der Waals surface area contributed by atoms with Crippen molar-refractivity contribution in [1.29, 1.82) is 0 Å². The molecule has 0 amide bonds. The van der Waals surface area contributed by atoms with Crippen LogP contribution in [0.25, 0.3) is 16.8 Å². The van der Waals surface area contributed by atoms with E-state index >= 15 is 0 Å². The van der Waals surface area contributed by atoms with Gasteiger partial charge in [-0.2, -0.15) is 0 Å². The Morgan fingerprint density at radius 1 is 0.889 bits per heavy atom.